The Morgan fingerprint density at radius 2 is 2.12 bits per heavy atom. The van der Waals surface area contributed by atoms with Crippen molar-refractivity contribution in [3.63, 3.8) is 0 Å². The van der Waals surface area contributed by atoms with Gasteiger partial charge in [0.25, 0.3) is 0 Å². The predicted octanol–water partition coefficient (Wildman–Crippen LogP) is 2.94. The van der Waals surface area contributed by atoms with Crippen LogP contribution < -0.4 is 0 Å². The van der Waals surface area contributed by atoms with Crippen LogP contribution in [0.2, 0.25) is 0 Å². The van der Waals surface area contributed by atoms with Gasteiger partial charge in [-0.25, -0.2) is 0 Å². The summed E-state index contributed by atoms with van der Waals surface area (Å²) in [6, 6.07) is 0. The van der Waals surface area contributed by atoms with Crippen LogP contribution in [0.3, 0.4) is 0 Å². The molecule has 1 saturated carbocycles. The smallest absolute Gasteiger partial charge is 0.309 e. The van der Waals surface area contributed by atoms with Crippen molar-refractivity contribution in [2.45, 2.75) is 52.6 Å². The third kappa shape index (κ3) is 3.78. The molecular weight excluding hydrogens is 204 g/mol. The van der Waals surface area contributed by atoms with Crippen LogP contribution in [-0.4, -0.2) is 23.8 Å². The van der Waals surface area contributed by atoms with Gasteiger partial charge >= 0.3 is 5.97 Å². The van der Waals surface area contributed by atoms with Crippen molar-refractivity contribution in [2.75, 3.05) is 6.61 Å². The van der Waals surface area contributed by atoms with Crippen LogP contribution in [0.1, 0.15) is 46.5 Å². The highest BCUT2D eigenvalue weighted by atomic mass is 16.5. The van der Waals surface area contributed by atoms with Gasteiger partial charge in [0.1, 0.15) is 0 Å². The topological polar surface area (TPSA) is 46.5 Å². The molecule has 0 aromatic carbocycles. The van der Waals surface area contributed by atoms with Crippen LogP contribution >= 0.6 is 0 Å². The molecule has 1 N–H and O–H groups in total. The largest absolute Gasteiger partial charge is 0.481 e. The molecule has 0 heterocycles. The first-order chi connectivity index (χ1) is 7.54. The monoisotopic (exact) mass is 228 g/mol. The quantitative estimate of drug-likeness (QED) is 0.787. The lowest BCUT2D eigenvalue weighted by atomic mass is 9.78. The van der Waals surface area contributed by atoms with Crippen molar-refractivity contribution >= 4 is 5.97 Å². The fraction of sp³-hybridized carbons (Fsp3) is 0.923. The average molecular weight is 228 g/mol. The molecular formula is C13H24O3. The lowest BCUT2D eigenvalue weighted by Gasteiger charge is -2.33. The summed E-state index contributed by atoms with van der Waals surface area (Å²) in [5, 5.41) is 9.15. The fourth-order valence-electron chi connectivity index (χ4n) is 2.37. The molecule has 1 rings (SSSR count). The first-order valence-electron chi connectivity index (χ1n) is 6.39. The molecule has 94 valence electrons. The molecule has 0 aliphatic heterocycles. The van der Waals surface area contributed by atoms with Gasteiger partial charge in [-0.3, -0.25) is 4.79 Å². The summed E-state index contributed by atoms with van der Waals surface area (Å²) in [6.45, 7) is 7.03. The van der Waals surface area contributed by atoms with E-state index in [1.807, 2.05) is 0 Å². The molecule has 0 bridgehead atoms. The van der Waals surface area contributed by atoms with Crippen LogP contribution in [-0.2, 0) is 9.53 Å². The summed E-state index contributed by atoms with van der Waals surface area (Å²) in [5.74, 6) is 0.133. The molecule has 1 aliphatic rings. The van der Waals surface area contributed by atoms with Crippen molar-refractivity contribution in [3.8, 4) is 0 Å². The molecule has 16 heavy (non-hydrogen) atoms. The second kappa shape index (κ2) is 6.24. The zero-order valence-electron chi connectivity index (χ0n) is 10.6. The zero-order chi connectivity index (χ0) is 12.1. The highest BCUT2D eigenvalue weighted by Crippen LogP contribution is 2.33. The first-order valence-corrected chi connectivity index (χ1v) is 6.39. The molecule has 0 aromatic rings. The Labute approximate surface area is 98.2 Å². The molecule has 0 amide bonds. The van der Waals surface area contributed by atoms with E-state index in [0.29, 0.717) is 18.4 Å². The first kappa shape index (κ1) is 13.5. The minimum Gasteiger partial charge on any atom is -0.481 e. The average Bonchev–Trinajstić information content (AvgIpc) is 2.25. The molecule has 3 nitrogen and oxygen atoms in total. The van der Waals surface area contributed by atoms with Crippen molar-refractivity contribution in [1.29, 1.82) is 0 Å². The highest BCUT2D eigenvalue weighted by molar-refractivity contribution is 5.70. The summed E-state index contributed by atoms with van der Waals surface area (Å²) >= 11 is 0. The summed E-state index contributed by atoms with van der Waals surface area (Å²) in [4.78, 5) is 11.1. The van der Waals surface area contributed by atoms with E-state index in [1.54, 1.807) is 0 Å². The summed E-state index contributed by atoms with van der Waals surface area (Å²) in [7, 11) is 0. The van der Waals surface area contributed by atoms with Gasteiger partial charge in [-0.15, -0.1) is 0 Å². The Morgan fingerprint density at radius 3 is 2.62 bits per heavy atom. The normalized spacial score (nSPS) is 30.6. The summed E-state index contributed by atoms with van der Waals surface area (Å²) < 4.78 is 5.77. The number of hydrogen-bond acceptors (Lipinski definition) is 2. The van der Waals surface area contributed by atoms with Gasteiger partial charge in [0.05, 0.1) is 12.0 Å². The Hall–Kier alpha value is -0.570. The molecule has 1 aliphatic carbocycles. The number of rotatable bonds is 5. The van der Waals surface area contributed by atoms with E-state index in [4.69, 9.17) is 9.84 Å². The van der Waals surface area contributed by atoms with Crippen LogP contribution in [0.4, 0.5) is 0 Å². The molecule has 1 fully saturated rings. The van der Waals surface area contributed by atoms with E-state index in [9.17, 15) is 4.79 Å². The molecule has 0 spiro atoms. The maximum atomic E-state index is 11.1. The fourth-order valence-corrected chi connectivity index (χ4v) is 2.37. The molecule has 3 heteroatoms. The van der Waals surface area contributed by atoms with E-state index in [-0.39, 0.29) is 12.0 Å². The van der Waals surface area contributed by atoms with Crippen molar-refractivity contribution in [2.24, 2.45) is 17.8 Å². The lowest BCUT2D eigenvalue weighted by molar-refractivity contribution is -0.151. The van der Waals surface area contributed by atoms with E-state index in [0.717, 1.165) is 25.7 Å². The number of hydrogen-bond donors (Lipinski definition) is 1. The van der Waals surface area contributed by atoms with Gasteiger partial charge in [0, 0.05) is 6.61 Å². The molecule has 0 saturated heterocycles. The number of carboxylic acids is 1. The predicted molar refractivity (Wildman–Crippen MR) is 63.3 cm³/mol. The second-order valence-corrected chi connectivity index (χ2v) is 5.30. The Kier molecular flexibility index (Phi) is 5.26. The number of carboxylic acid groups (broad SMARTS) is 1. The maximum Gasteiger partial charge on any atom is 0.309 e. The van der Waals surface area contributed by atoms with Gasteiger partial charge in [-0.05, 0) is 31.1 Å². The van der Waals surface area contributed by atoms with Gasteiger partial charge in [0.15, 0.2) is 0 Å². The van der Waals surface area contributed by atoms with E-state index in [1.165, 1.54) is 0 Å². The Morgan fingerprint density at radius 1 is 1.44 bits per heavy atom. The number of ether oxygens (including phenoxy) is 1. The standard InChI is InChI=1S/C13H24O3/c1-4-10-5-6-11(13(14)15)12(7-10)16-8-9(2)3/h9-12H,4-8H2,1-3H3,(H,14,15). The van der Waals surface area contributed by atoms with Crippen molar-refractivity contribution in [1.82, 2.24) is 0 Å². The molecule has 0 aromatic heterocycles. The van der Waals surface area contributed by atoms with Crippen LogP contribution in [0.25, 0.3) is 0 Å². The third-order valence-electron chi connectivity index (χ3n) is 3.44. The molecule has 3 atom stereocenters. The third-order valence-corrected chi connectivity index (χ3v) is 3.44. The SMILES string of the molecule is CCC1CCC(C(=O)O)C(OCC(C)C)C1. The van der Waals surface area contributed by atoms with Crippen molar-refractivity contribution < 1.29 is 14.6 Å². The van der Waals surface area contributed by atoms with Gasteiger partial charge in [-0.2, -0.15) is 0 Å². The second-order valence-electron chi connectivity index (χ2n) is 5.30. The van der Waals surface area contributed by atoms with Gasteiger partial charge in [0.2, 0.25) is 0 Å². The number of carbonyl (C=O) groups is 1. The van der Waals surface area contributed by atoms with Gasteiger partial charge in [-0.1, -0.05) is 27.2 Å². The van der Waals surface area contributed by atoms with Crippen molar-refractivity contribution in [3.05, 3.63) is 0 Å². The minimum absolute atomic E-state index is 0.0707. The zero-order valence-corrected chi connectivity index (χ0v) is 10.6. The van der Waals surface area contributed by atoms with E-state index < -0.39 is 5.97 Å². The Balaban J connectivity index is 2.53. The minimum atomic E-state index is -0.691. The Bertz CT molecular complexity index is 225. The number of aliphatic carboxylic acids is 1. The molecule has 0 radical (unpaired) electrons. The lowest BCUT2D eigenvalue weighted by Crippen LogP contribution is -2.37. The van der Waals surface area contributed by atoms with Crippen LogP contribution in [0, 0.1) is 17.8 Å². The van der Waals surface area contributed by atoms with Crippen LogP contribution in [0.5, 0.6) is 0 Å². The summed E-state index contributed by atoms with van der Waals surface area (Å²) in [5.41, 5.74) is 0. The molecule has 3 unspecified atom stereocenters. The van der Waals surface area contributed by atoms with E-state index in [2.05, 4.69) is 20.8 Å². The summed E-state index contributed by atoms with van der Waals surface area (Å²) in [6.07, 6.45) is 3.79. The highest BCUT2D eigenvalue weighted by Gasteiger charge is 2.35. The van der Waals surface area contributed by atoms with Gasteiger partial charge < -0.3 is 9.84 Å². The van der Waals surface area contributed by atoms with Crippen LogP contribution in [0.15, 0.2) is 0 Å². The maximum absolute atomic E-state index is 11.1. The van der Waals surface area contributed by atoms with E-state index >= 15 is 0 Å².